The van der Waals surface area contributed by atoms with Crippen molar-refractivity contribution >= 4 is 5.82 Å². The third-order valence-corrected chi connectivity index (χ3v) is 3.94. The van der Waals surface area contributed by atoms with E-state index < -0.39 is 0 Å². The lowest BCUT2D eigenvalue weighted by Crippen LogP contribution is -2.31. The van der Waals surface area contributed by atoms with Gasteiger partial charge in [-0.25, -0.2) is 9.97 Å². The van der Waals surface area contributed by atoms with E-state index in [0.717, 1.165) is 42.9 Å². The van der Waals surface area contributed by atoms with E-state index in [1.807, 2.05) is 0 Å². The number of aromatic nitrogens is 2. The van der Waals surface area contributed by atoms with Gasteiger partial charge in [0.05, 0.1) is 0 Å². The van der Waals surface area contributed by atoms with Crippen LogP contribution in [0.4, 0.5) is 5.82 Å². The summed E-state index contributed by atoms with van der Waals surface area (Å²) < 4.78 is 0. The third kappa shape index (κ3) is 3.66. The number of hydrogen-bond acceptors (Lipinski definition) is 4. The van der Waals surface area contributed by atoms with E-state index in [0.29, 0.717) is 5.92 Å². The quantitative estimate of drug-likeness (QED) is 0.876. The minimum absolute atomic E-state index is 0.374. The fourth-order valence-electron chi connectivity index (χ4n) is 2.41. The average Bonchev–Trinajstić information content (AvgIpc) is 2.41. The van der Waals surface area contributed by atoms with Crippen LogP contribution in [0, 0.1) is 19.8 Å². The lowest BCUT2D eigenvalue weighted by molar-refractivity contribution is 0.389. The molecule has 4 nitrogen and oxygen atoms in total. The zero-order chi connectivity index (χ0) is 13.8. The van der Waals surface area contributed by atoms with E-state index in [4.69, 9.17) is 0 Å². The van der Waals surface area contributed by atoms with Crippen LogP contribution < -0.4 is 10.6 Å². The van der Waals surface area contributed by atoms with Gasteiger partial charge in [-0.1, -0.05) is 13.8 Å². The predicted molar refractivity (Wildman–Crippen MR) is 79.7 cm³/mol. The first-order chi connectivity index (χ1) is 9.08. The number of hydrogen-bond donors (Lipinski definition) is 2. The summed E-state index contributed by atoms with van der Waals surface area (Å²) in [5.74, 6) is 3.10. The summed E-state index contributed by atoms with van der Waals surface area (Å²) in [6.07, 6.45) is 2.51. The van der Waals surface area contributed by atoms with Crippen LogP contribution in [-0.4, -0.2) is 29.6 Å². The van der Waals surface area contributed by atoms with Crippen molar-refractivity contribution in [3.8, 4) is 0 Å². The molecule has 2 N–H and O–H groups in total. The van der Waals surface area contributed by atoms with Gasteiger partial charge < -0.3 is 10.6 Å². The number of nitrogens with zero attached hydrogens (tertiary/aromatic N) is 2. The summed E-state index contributed by atoms with van der Waals surface area (Å²) in [7, 11) is 0. The van der Waals surface area contributed by atoms with Gasteiger partial charge in [0.1, 0.15) is 11.6 Å². The van der Waals surface area contributed by atoms with Gasteiger partial charge in [0.15, 0.2) is 0 Å². The molecule has 0 saturated carbocycles. The maximum Gasteiger partial charge on any atom is 0.133 e. The summed E-state index contributed by atoms with van der Waals surface area (Å²) in [4.78, 5) is 9.25. The zero-order valence-corrected chi connectivity index (χ0v) is 12.6. The van der Waals surface area contributed by atoms with Crippen molar-refractivity contribution in [3.05, 3.63) is 17.1 Å². The standard InChI is InChI=1S/C15H26N4/c1-10(2)14-18-12(4)11(3)15(19-14)17-9-13-5-7-16-8-6-13/h10,13,16H,5-9H2,1-4H3,(H,17,18,19). The Morgan fingerprint density at radius 1 is 1.21 bits per heavy atom. The highest BCUT2D eigenvalue weighted by Crippen LogP contribution is 2.20. The number of aryl methyl sites for hydroxylation is 1. The molecule has 0 aliphatic carbocycles. The number of piperidine rings is 1. The van der Waals surface area contributed by atoms with Gasteiger partial charge in [-0.15, -0.1) is 0 Å². The van der Waals surface area contributed by atoms with Gasteiger partial charge in [0.2, 0.25) is 0 Å². The lowest BCUT2D eigenvalue weighted by atomic mass is 9.98. The summed E-state index contributed by atoms with van der Waals surface area (Å²) in [5, 5.41) is 6.94. The highest BCUT2D eigenvalue weighted by Gasteiger charge is 2.15. The summed E-state index contributed by atoms with van der Waals surface area (Å²) in [5.41, 5.74) is 2.27. The first-order valence-electron chi connectivity index (χ1n) is 7.37. The summed E-state index contributed by atoms with van der Waals surface area (Å²) >= 11 is 0. The monoisotopic (exact) mass is 262 g/mol. The molecule has 1 saturated heterocycles. The third-order valence-electron chi connectivity index (χ3n) is 3.94. The van der Waals surface area contributed by atoms with Crippen LogP contribution in [0.3, 0.4) is 0 Å². The minimum atomic E-state index is 0.374. The van der Waals surface area contributed by atoms with Gasteiger partial charge >= 0.3 is 0 Å². The van der Waals surface area contributed by atoms with Crippen molar-refractivity contribution in [3.63, 3.8) is 0 Å². The molecule has 1 fully saturated rings. The van der Waals surface area contributed by atoms with E-state index >= 15 is 0 Å². The molecule has 0 aromatic carbocycles. The molecule has 1 aliphatic rings. The first kappa shape index (κ1) is 14.3. The summed E-state index contributed by atoms with van der Waals surface area (Å²) in [6.45, 7) is 11.8. The average molecular weight is 262 g/mol. The fraction of sp³-hybridized carbons (Fsp3) is 0.733. The molecule has 0 radical (unpaired) electrons. The van der Waals surface area contributed by atoms with E-state index in [9.17, 15) is 0 Å². The van der Waals surface area contributed by atoms with E-state index in [1.165, 1.54) is 18.4 Å². The SMILES string of the molecule is Cc1nc(C(C)C)nc(NCC2CCNCC2)c1C. The van der Waals surface area contributed by atoms with Crippen LogP contribution in [0.25, 0.3) is 0 Å². The van der Waals surface area contributed by atoms with Crippen LogP contribution in [-0.2, 0) is 0 Å². The Balaban J connectivity index is 2.05. The largest absolute Gasteiger partial charge is 0.369 e. The molecule has 0 spiro atoms. The van der Waals surface area contributed by atoms with Crippen molar-refractivity contribution in [2.45, 2.75) is 46.5 Å². The maximum absolute atomic E-state index is 4.68. The number of rotatable bonds is 4. The second-order valence-corrected chi connectivity index (χ2v) is 5.87. The zero-order valence-electron chi connectivity index (χ0n) is 12.6. The molecule has 0 unspecified atom stereocenters. The highest BCUT2D eigenvalue weighted by atomic mass is 15.0. The molecule has 1 aromatic heterocycles. The van der Waals surface area contributed by atoms with Crippen molar-refractivity contribution in [2.75, 3.05) is 25.0 Å². The minimum Gasteiger partial charge on any atom is -0.369 e. The van der Waals surface area contributed by atoms with Crippen molar-refractivity contribution in [1.29, 1.82) is 0 Å². The molecular weight excluding hydrogens is 236 g/mol. The summed E-state index contributed by atoms with van der Waals surface area (Å²) in [6, 6.07) is 0. The normalized spacial score (nSPS) is 16.9. The Hall–Kier alpha value is -1.16. The second kappa shape index (κ2) is 6.33. The topological polar surface area (TPSA) is 49.8 Å². The van der Waals surface area contributed by atoms with Gasteiger partial charge in [-0.05, 0) is 45.7 Å². The Morgan fingerprint density at radius 3 is 2.53 bits per heavy atom. The molecule has 1 aromatic rings. The Kier molecular flexibility index (Phi) is 4.75. The molecule has 0 bridgehead atoms. The van der Waals surface area contributed by atoms with Crippen molar-refractivity contribution in [1.82, 2.24) is 15.3 Å². The van der Waals surface area contributed by atoms with Gasteiger partial charge in [0, 0.05) is 23.7 Å². The van der Waals surface area contributed by atoms with Crippen molar-refractivity contribution in [2.24, 2.45) is 5.92 Å². The fourth-order valence-corrected chi connectivity index (χ4v) is 2.41. The van der Waals surface area contributed by atoms with Gasteiger partial charge in [-0.2, -0.15) is 0 Å². The molecule has 0 amide bonds. The molecule has 4 heteroatoms. The first-order valence-corrected chi connectivity index (χ1v) is 7.37. The van der Waals surface area contributed by atoms with Gasteiger partial charge in [0.25, 0.3) is 0 Å². The molecule has 2 rings (SSSR count). The maximum atomic E-state index is 4.68. The second-order valence-electron chi connectivity index (χ2n) is 5.87. The Morgan fingerprint density at radius 2 is 1.89 bits per heavy atom. The van der Waals surface area contributed by atoms with E-state index in [-0.39, 0.29) is 0 Å². The van der Waals surface area contributed by atoms with Crippen LogP contribution in [0.2, 0.25) is 0 Å². The molecule has 106 valence electrons. The van der Waals surface area contributed by atoms with E-state index in [1.54, 1.807) is 0 Å². The number of nitrogens with one attached hydrogen (secondary N) is 2. The molecular formula is C15H26N4. The molecule has 19 heavy (non-hydrogen) atoms. The molecule has 0 atom stereocenters. The lowest BCUT2D eigenvalue weighted by Gasteiger charge is -2.23. The Labute approximate surface area is 116 Å². The predicted octanol–water partition coefficient (Wildman–Crippen LogP) is 2.63. The van der Waals surface area contributed by atoms with Crippen LogP contribution in [0.1, 0.15) is 49.7 Å². The van der Waals surface area contributed by atoms with Gasteiger partial charge in [-0.3, -0.25) is 0 Å². The highest BCUT2D eigenvalue weighted by molar-refractivity contribution is 5.45. The van der Waals surface area contributed by atoms with Crippen LogP contribution >= 0.6 is 0 Å². The van der Waals surface area contributed by atoms with Crippen LogP contribution in [0.15, 0.2) is 0 Å². The smallest absolute Gasteiger partial charge is 0.133 e. The molecule has 1 aliphatic heterocycles. The Bertz CT molecular complexity index is 422. The van der Waals surface area contributed by atoms with Crippen LogP contribution in [0.5, 0.6) is 0 Å². The number of anilines is 1. The van der Waals surface area contributed by atoms with E-state index in [2.05, 4.69) is 48.3 Å². The molecule has 2 heterocycles. The van der Waals surface area contributed by atoms with Crippen molar-refractivity contribution < 1.29 is 0 Å².